The van der Waals surface area contributed by atoms with Crippen molar-refractivity contribution in [1.29, 1.82) is 0 Å². The van der Waals surface area contributed by atoms with E-state index in [1.165, 1.54) is 6.42 Å². The second kappa shape index (κ2) is 9.00. The highest BCUT2D eigenvalue weighted by molar-refractivity contribution is 7.89. The van der Waals surface area contributed by atoms with Crippen molar-refractivity contribution >= 4 is 10.0 Å². The van der Waals surface area contributed by atoms with Gasteiger partial charge in [0.05, 0.1) is 24.7 Å². The van der Waals surface area contributed by atoms with Crippen molar-refractivity contribution in [2.24, 2.45) is 5.92 Å². The van der Waals surface area contributed by atoms with Gasteiger partial charge in [0.15, 0.2) is 0 Å². The van der Waals surface area contributed by atoms with Gasteiger partial charge in [0.1, 0.15) is 5.75 Å². The molecule has 2 aliphatic heterocycles. The summed E-state index contributed by atoms with van der Waals surface area (Å²) in [6.45, 7) is 13.4. The van der Waals surface area contributed by atoms with Gasteiger partial charge in [0, 0.05) is 17.1 Å². The van der Waals surface area contributed by atoms with Crippen molar-refractivity contribution < 1.29 is 18.0 Å². The van der Waals surface area contributed by atoms with Gasteiger partial charge in [0.2, 0.25) is 10.0 Å². The van der Waals surface area contributed by atoms with E-state index in [1.807, 2.05) is 0 Å². The van der Waals surface area contributed by atoms with Gasteiger partial charge in [0.25, 0.3) is 0 Å². The lowest BCUT2D eigenvalue weighted by Crippen LogP contribution is -2.59. The number of rotatable bonds is 7. The molecule has 0 aliphatic carbocycles. The summed E-state index contributed by atoms with van der Waals surface area (Å²) >= 11 is 0. The summed E-state index contributed by atoms with van der Waals surface area (Å²) in [5.74, 6) is 0.885. The number of hydrogen-bond donors (Lipinski definition) is 0. The van der Waals surface area contributed by atoms with E-state index in [9.17, 15) is 8.42 Å². The Labute approximate surface area is 188 Å². The van der Waals surface area contributed by atoms with Crippen LogP contribution >= 0.6 is 0 Å². The van der Waals surface area contributed by atoms with Gasteiger partial charge in [-0.1, -0.05) is 13.8 Å². The fourth-order valence-electron chi connectivity index (χ4n) is 5.40. The lowest BCUT2D eigenvalue weighted by Gasteiger charge is -2.51. The van der Waals surface area contributed by atoms with E-state index >= 15 is 0 Å². The third-order valence-electron chi connectivity index (χ3n) is 6.96. The number of nitrogens with zero attached hydrogens (tertiary/aromatic N) is 2. The highest BCUT2D eigenvalue weighted by Gasteiger charge is 2.46. The Bertz CT molecular complexity index is 833. The maximum absolute atomic E-state index is 13.7. The molecule has 31 heavy (non-hydrogen) atoms. The molecule has 2 heterocycles. The van der Waals surface area contributed by atoms with Gasteiger partial charge in [-0.2, -0.15) is 9.37 Å². The predicted molar refractivity (Wildman–Crippen MR) is 123 cm³/mol. The van der Waals surface area contributed by atoms with Crippen molar-refractivity contribution in [2.75, 3.05) is 13.7 Å². The predicted octanol–water partition coefficient (Wildman–Crippen LogP) is 4.85. The van der Waals surface area contributed by atoms with E-state index in [2.05, 4.69) is 46.6 Å². The fourth-order valence-corrected chi connectivity index (χ4v) is 7.39. The summed E-state index contributed by atoms with van der Waals surface area (Å²) in [5, 5.41) is 2.13. The van der Waals surface area contributed by atoms with E-state index in [1.54, 1.807) is 35.7 Å². The number of hydroxylamine groups is 2. The van der Waals surface area contributed by atoms with Gasteiger partial charge in [-0.05, 0) is 90.0 Å². The third kappa shape index (κ3) is 4.95. The van der Waals surface area contributed by atoms with E-state index in [0.29, 0.717) is 17.3 Å². The minimum Gasteiger partial charge on any atom is -0.497 e. The summed E-state index contributed by atoms with van der Waals surface area (Å²) in [4.78, 5) is 6.74. The summed E-state index contributed by atoms with van der Waals surface area (Å²) in [6.07, 6.45) is 4.99. The van der Waals surface area contributed by atoms with Crippen LogP contribution in [0.3, 0.4) is 0 Å². The van der Waals surface area contributed by atoms with Crippen LogP contribution in [0.4, 0.5) is 0 Å². The van der Waals surface area contributed by atoms with Crippen LogP contribution in [0.25, 0.3) is 0 Å². The zero-order valence-corrected chi connectivity index (χ0v) is 21.0. The first kappa shape index (κ1) is 24.5. The second-order valence-electron chi connectivity index (χ2n) is 10.6. The Balaban J connectivity index is 1.85. The molecule has 0 amide bonds. The van der Waals surface area contributed by atoms with Crippen molar-refractivity contribution in [2.45, 2.75) is 102 Å². The van der Waals surface area contributed by atoms with Crippen LogP contribution in [0.5, 0.6) is 5.75 Å². The Hall–Kier alpha value is -1.15. The van der Waals surface area contributed by atoms with Crippen molar-refractivity contribution in [3.63, 3.8) is 0 Å². The monoisotopic (exact) mass is 452 g/mol. The first-order valence-corrected chi connectivity index (χ1v) is 12.9. The summed E-state index contributed by atoms with van der Waals surface area (Å²) in [7, 11) is -2.06. The second-order valence-corrected chi connectivity index (χ2v) is 12.5. The number of ether oxygens (including phenoxy) is 1. The minimum atomic E-state index is -3.64. The molecule has 2 fully saturated rings. The SMILES string of the molecule is COc1ccc(S(=O)(=O)N2[C@H](CON3C(C)(C)CCCC3(C)C)CC[C@@H]2C(C)C)cc1. The molecule has 0 aromatic heterocycles. The van der Waals surface area contributed by atoms with E-state index in [0.717, 1.165) is 25.7 Å². The Morgan fingerprint density at radius 2 is 1.61 bits per heavy atom. The van der Waals surface area contributed by atoms with Gasteiger partial charge in [-0.25, -0.2) is 8.42 Å². The molecule has 0 N–H and O–H groups in total. The van der Waals surface area contributed by atoms with Crippen molar-refractivity contribution in [3.8, 4) is 5.75 Å². The van der Waals surface area contributed by atoms with E-state index in [-0.39, 0.29) is 29.1 Å². The number of methoxy groups -OCH3 is 1. The lowest BCUT2D eigenvalue weighted by atomic mass is 9.82. The molecule has 0 spiro atoms. The molecule has 7 heteroatoms. The molecule has 6 nitrogen and oxygen atoms in total. The molecular weight excluding hydrogens is 412 g/mol. The zero-order chi connectivity index (χ0) is 23.0. The van der Waals surface area contributed by atoms with Crippen LogP contribution in [0.2, 0.25) is 0 Å². The van der Waals surface area contributed by atoms with Gasteiger partial charge >= 0.3 is 0 Å². The molecule has 3 rings (SSSR count). The number of benzene rings is 1. The van der Waals surface area contributed by atoms with Gasteiger partial charge in [-0.3, -0.25) is 4.84 Å². The topological polar surface area (TPSA) is 59.1 Å². The molecule has 2 aliphatic rings. The highest BCUT2D eigenvalue weighted by Crippen LogP contribution is 2.40. The molecule has 0 saturated carbocycles. The lowest BCUT2D eigenvalue weighted by molar-refractivity contribution is -0.284. The highest BCUT2D eigenvalue weighted by atomic mass is 32.2. The summed E-state index contributed by atoms with van der Waals surface area (Å²) in [5.41, 5.74) is -0.144. The molecule has 2 atom stereocenters. The van der Waals surface area contributed by atoms with Crippen LogP contribution in [0, 0.1) is 5.92 Å². The normalized spacial score (nSPS) is 27.0. The van der Waals surface area contributed by atoms with Crippen LogP contribution in [-0.4, -0.2) is 54.7 Å². The molecule has 0 unspecified atom stereocenters. The van der Waals surface area contributed by atoms with E-state index in [4.69, 9.17) is 9.57 Å². The van der Waals surface area contributed by atoms with Crippen LogP contribution < -0.4 is 4.74 Å². The zero-order valence-electron chi connectivity index (χ0n) is 20.2. The largest absolute Gasteiger partial charge is 0.497 e. The Morgan fingerprint density at radius 3 is 2.13 bits per heavy atom. The Kier molecular flexibility index (Phi) is 7.11. The molecule has 1 aromatic carbocycles. The molecule has 0 radical (unpaired) electrons. The van der Waals surface area contributed by atoms with Crippen molar-refractivity contribution in [3.05, 3.63) is 24.3 Å². The van der Waals surface area contributed by atoms with Crippen LogP contribution in [0.1, 0.15) is 73.6 Å². The smallest absolute Gasteiger partial charge is 0.243 e. The molecule has 0 bridgehead atoms. The van der Waals surface area contributed by atoms with Crippen LogP contribution in [0.15, 0.2) is 29.2 Å². The molecule has 176 valence electrons. The van der Waals surface area contributed by atoms with Crippen molar-refractivity contribution in [1.82, 2.24) is 9.37 Å². The number of piperidine rings is 1. The standard InChI is InChI=1S/C24H40N2O4S/c1-18(2)22-14-9-19(17-30-26-23(3,4)15-8-16-24(26,5)6)25(22)31(27,28)21-12-10-20(29-7)11-13-21/h10-13,18-19,22H,8-9,14-17H2,1-7H3/t19-,22+/m0/s1. The fraction of sp³-hybridized carbons (Fsp3) is 0.750. The number of hydrogen-bond acceptors (Lipinski definition) is 5. The summed E-state index contributed by atoms with van der Waals surface area (Å²) < 4.78 is 34.3. The molecule has 1 aromatic rings. The van der Waals surface area contributed by atoms with Gasteiger partial charge < -0.3 is 4.74 Å². The first-order valence-electron chi connectivity index (χ1n) is 11.5. The van der Waals surface area contributed by atoms with Gasteiger partial charge in [-0.15, -0.1) is 0 Å². The maximum atomic E-state index is 13.7. The quantitative estimate of drug-likeness (QED) is 0.592. The third-order valence-corrected chi connectivity index (χ3v) is 8.95. The summed E-state index contributed by atoms with van der Waals surface area (Å²) in [6, 6.07) is 6.49. The van der Waals surface area contributed by atoms with Crippen LogP contribution in [-0.2, 0) is 14.9 Å². The Morgan fingerprint density at radius 1 is 1.03 bits per heavy atom. The average Bonchev–Trinajstić information content (AvgIpc) is 3.12. The first-order chi connectivity index (χ1) is 14.4. The minimum absolute atomic E-state index is 0.0249. The van der Waals surface area contributed by atoms with E-state index < -0.39 is 10.0 Å². The molecule has 2 saturated heterocycles. The number of sulfonamides is 1. The maximum Gasteiger partial charge on any atom is 0.243 e. The average molecular weight is 453 g/mol. The molecular formula is C24H40N2O4S.